The molecule has 1 aliphatic rings. The number of esters is 1. The number of aromatic nitrogens is 2. The van der Waals surface area contributed by atoms with Gasteiger partial charge in [-0.05, 0) is 87.6 Å². The molecular weight excluding hydrogens is 390 g/mol. The van der Waals surface area contributed by atoms with E-state index in [9.17, 15) is 9.59 Å². The van der Waals surface area contributed by atoms with Gasteiger partial charge in [0.1, 0.15) is 0 Å². The Bertz CT molecular complexity index is 1110. The third-order valence-electron chi connectivity index (χ3n) is 5.81. The topological polar surface area (TPSA) is 73.2 Å². The van der Waals surface area contributed by atoms with Gasteiger partial charge in [-0.25, -0.2) is 9.48 Å². The van der Waals surface area contributed by atoms with E-state index in [1.165, 1.54) is 12.0 Å². The van der Waals surface area contributed by atoms with Gasteiger partial charge in [-0.2, -0.15) is 5.10 Å². The van der Waals surface area contributed by atoms with Crippen LogP contribution in [0.15, 0.2) is 48.5 Å². The summed E-state index contributed by atoms with van der Waals surface area (Å²) in [7, 11) is 0. The Morgan fingerprint density at radius 2 is 1.81 bits per heavy atom. The molecule has 1 saturated carbocycles. The summed E-state index contributed by atoms with van der Waals surface area (Å²) in [5.74, 6) is -0.513. The molecule has 160 valence electrons. The zero-order valence-electron chi connectivity index (χ0n) is 18.1. The smallest absolute Gasteiger partial charge is 0.358 e. The summed E-state index contributed by atoms with van der Waals surface area (Å²) in [5, 5.41) is 7.57. The number of aryl methyl sites for hydroxylation is 2. The number of hydrogen-bond donors (Lipinski definition) is 1. The fourth-order valence-electron chi connectivity index (χ4n) is 3.56. The van der Waals surface area contributed by atoms with Crippen LogP contribution in [0, 0.1) is 13.8 Å². The maximum atomic E-state index is 12.4. The van der Waals surface area contributed by atoms with Crippen LogP contribution in [-0.2, 0) is 4.74 Å². The van der Waals surface area contributed by atoms with Crippen LogP contribution in [0.25, 0.3) is 16.9 Å². The number of hydrogen-bond acceptors (Lipinski definition) is 4. The van der Waals surface area contributed by atoms with Crippen molar-refractivity contribution in [2.45, 2.75) is 46.1 Å². The molecule has 0 unspecified atom stereocenters. The van der Waals surface area contributed by atoms with Crippen LogP contribution in [-0.4, -0.2) is 34.3 Å². The van der Waals surface area contributed by atoms with E-state index < -0.39 is 5.97 Å². The number of benzene rings is 2. The van der Waals surface area contributed by atoms with Gasteiger partial charge in [0.2, 0.25) is 0 Å². The van der Waals surface area contributed by atoms with E-state index in [-0.39, 0.29) is 18.2 Å². The van der Waals surface area contributed by atoms with E-state index in [0.29, 0.717) is 11.6 Å². The monoisotopic (exact) mass is 417 g/mol. The Morgan fingerprint density at radius 1 is 1.06 bits per heavy atom. The highest BCUT2D eigenvalue weighted by Gasteiger charge is 2.21. The molecule has 2 aromatic carbocycles. The summed E-state index contributed by atoms with van der Waals surface area (Å²) in [5.41, 5.74) is 5.73. The number of carbonyl (C=O) groups is 2. The molecule has 1 amide bonds. The largest absolute Gasteiger partial charge is 0.461 e. The molecule has 1 aliphatic carbocycles. The zero-order valence-corrected chi connectivity index (χ0v) is 18.1. The molecule has 6 heteroatoms. The van der Waals surface area contributed by atoms with Crippen LogP contribution in [0.3, 0.4) is 0 Å². The first-order chi connectivity index (χ1) is 15.0. The van der Waals surface area contributed by atoms with Crippen molar-refractivity contribution in [3.63, 3.8) is 0 Å². The maximum absolute atomic E-state index is 12.4. The summed E-state index contributed by atoms with van der Waals surface area (Å²) in [6, 6.07) is 15.5. The van der Waals surface area contributed by atoms with Crippen molar-refractivity contribution in [2.75, 3.05) is 6.61 Å². The van der Waals surface area contributed by atoms with E-state index in [0.717, 1.165) is 35.3 Å². The van der Waals surface area contributed by atoms with Crippen LogP contribution in [0.5, 0.6) is 0 Å². The second-order valence-electron chi connectivity index (χ2n) is 7.99. The molecule has 0 radical (unpaired) electrons. The molecule has 0 spiro atoms. The molecule has 0 aliphatic heterocycles. The summed E-state index contributed by atoms with van der Waals surface area (Å²) in [6.45, 7) is 6.18. The standard InChI is InChI=1S/C25H27N3O3/c1-4-31-25(30)22-15-23(19-9-8-16(2)17(3)14-19)28(27-22)21-12-10-18(11-13-21)24(29)26-20-6-5-7-20/h8-15,20H,4-7H2,1-3H3,(H,26,29). The van der Waals surface area contributed by atoms with E-state index >= 15 is 0 Å². The summed E-state index contributed by atoms with van der Waals surface area (Å²) in [6.07, 6.45) is 3.27. The van der Waals surface area contributed by atoms with Gasteiger partial charge in [0.25, 0.3) is 5.91 Å². The van der Waals surface area contributed by atoms with Crippen molar-refractivity contribution in [1.82, 2.24) is 15.1 Å². The molecule has 1 fully saturated rings. The van der Waals surface area contributed by atoms with Crippen molar-refractivity contribution in [3.8, 4) is 16.9 Å². The van der Waals surface area contributed by atoms with Crippen LogP contribution in [0.4, 0.5) is 0 Å². The molecule has 4 rings (SSSR count). The number of ether oxygens (including phenoxy) is 1. The van der Waals surface area contributed by atoms with Crippen molar-refractivity contribution < 1.29 is 14.3 Å². The Hall–Kier alpha value is -3.41. The summed E-state index contributed by atoms with van der Waals surface area (Å²) in [4.78, 5) is 24.7. The Labute approximate surface area is 182 Å². The molecule has 1 heterocycles. The van der Waals surface area contributed by atoms with E-state index in [1.54, 1.807) is 29.8 Å². The quantitative estimate of drug-likeness (QED) is 0.594. The van der Waals surface area contributed by atoms with E-state index in [4.69, 9.17) is 4.74 Å². The van der Waals surface area contributed by atoms with Crippen molar-refractivity contribution in [1.29, 1.82) is 0 Å². The van der Waals surface area contributed by atoms with Gasteiger partial charge in [0.05, 0.1) is 18.0 Å². The van der Waals surface area contributed by atoms with Gasteiger partial charge in [-0.3, -0.25) is 4.79 Å². The minimum atomic E-state index is -0.456. The number of carbonyl (C=O) groups excluding carboxylic acids is 2. The van der Waals surface area contributed by atoms with Gasteiger partial charge in [0, 0.05) is 17.2 Å². The molecule has 0 atom stereocenters. The minimum Gasteiger partial charge on any atom is -0.461 e. The third-order valence-corrected chi connectivity index (χ3v) is 5.81. The van der Waals surface area contributed by atoms with Crippen LogP contribution >= 0.6 is 0 Å². The molecule has 1 N–H and O–H groups in total. The number of rotatable bonds is 6. The lowest BCUT2D eigenvalue weighted by Crippen LogP contribution is -2.39. The van der Waals surface area contributed by atoms with Crippen LogP contribution in [0.2, 0.25) is 0 Å². The lowest BCUT2D eigenvalue weighted by molar-refractivity contribution is 0.0518. The maximum Gasteiger partial charge on any atom is 0.358 e. The molecule has 6 nitrogen and oxygen atoms in total. The Morgan fingerprint density at radius 3 is 2.42 bits per heavy atom. The highest BCUT2D eigenvalue weighted by molar-refractivity contribution is 5.94. The average molecular weight is 418 g/mol. The first-order valence-corrected chi connectivity index (χ1v) is 10.7. The van der Waals surface area contributed by atoms with E-state index in [2.05, 4.69) is 36.4 Å². The lowest BCUT2D eigenvalue weighted by Gasteiger charge is -2.26. The van der Waals surface area contributed by atoms with Gasteiger partial charge in [0.15, 0.2) is 5.69 Å². The van der Waals surface area contributed by atoms with Crippen molar-refractivity contribution in [2.24, 2.45) is 0 Å². The Balaban J connectivity index is 1.69. The van der Waals surface area contributed by atoms with Gasteiger partial charge < -0.3 is 10.1 Å². The SMILES string of the molecule is CCOC(=O)c1cc(-c2ccc(C)c(C)c2)n(-c2ccc(C(=O)NC3CCC3)cc2)n1. The normalized spacial score (nSPS) is 13.5. The first-order valence-electron chi connectivity index (χ1n) is 10.7. The first kappa shape index (κ1) is 20.8. The minimum absolute atomic E-state index is 0.0571. The fraction of sp³-hybridized carbons (Fsp3) is 0.320. The van der Waals surface area contributed by atoms with Crippen molar-refractivity contribution in [3.05, 3.63) is 70.9 Å². The second kappa shape index (κ2) is 8.76. The lowest BCUT2D eigenvalue weighted by atomic mass is 9.93. The summed E-state index contributed by atoms with van der Waals surface area (Å²) >= 11 is 0. The van der Waals surface area contributed by atoms with Gasteiger partial charge in [-0.1, -0.05) is 12.1 Å². The molecule has 31 heavy (non-hydrogen) atoms. The number of amides is 1. The fourth-order valence-corrected chi connectivity index (χ4v) is 3.56. The number of nitrogens with zero attached hydrogens (tertiary/aromatic N) is 2. The highest BCUT2D eigenvalue weighted by Crippen LogP contribution is 2.27. The summed E-state index contributed by atoms with van der Waals surface area (Å²) < 4.78 is 6.87. The van der Waals surface area contributed by atoms with Gasteiger partial charge >= 0.3 is 5.97 Å². The Kier molecular flexibility index (Phi) is 5.89. The molecule has 1 aromatic heterocycles. The highest BCUT2D eigenvalue weighted by atomic mass is 16.5. The molecular formula is C25H27N3O3. The van der Waals surface area contributed by atoms with Crippen LogP contribution in [0.1, 0.15) is 58.2 Å². The van der Waals surface area contributed by atoms with Crippen LogP contribution < -0.4 is 5.32 Å². The molecule has 3 aromatic rings. The number of nitrogens with one attached hydrogen (secondary N) is 1. The predicted octanol–water partition coefficient (Wildman–Crippen LogP) is 4.62. The molecule has 0 saturated heterocycles. The predicted molar refractivity (Wildman–Crippen MR) is 120 cm³/mol. The van der Waals surface area contributed by atoms with E-state index in [1.807, 2.05) is 18.2 Å². The second-order valence-corrected chi connectivity index (χ2v) is 7.99. The average Bonchev–Trinajstić information content (AvgIpc) is 3.18. The van der Waals surface area contributed by atoms with Gasteiger partial charge in [-0.15, -0.1) is 0 Å². The third kappa shape index (κ3) is 4.38. The van der Waals surface area contributed by atoms with Crippen molar-refractivity contribution >= 4 is 11.9 Å². The molecule has 0 bridgehead atoms. The zero-order chi connectivity index (χ0) is 22.0.